The molecule has 1 aromatic heterocycles. The molecule has 1 aromatic rings. The maximum absolute atomic E-state index is 13.1. The first-order valence-electron chi connectivity index (χ1n) is 8.55. The van der Waals surface area contributed by atoms with Crippen molar-refractivity contribution in [3.8, 4) is 0 Å². The molecule has 0 aliphatic heterocycles. The van der Waals surface area contributed by atoms with Crippen LogP contribution >= 0.6 is 0 Å². The average molecular weight is 286 g/mol. The first-order chi connectivity index (χ1) is 10.0. The van der Waals surface area contributed by atoms with E-state index < -0.39 is 0 Å². The van der Waals surface area contributed by atoms with Crippen LogP contribution in [0.3, 0.4) is 0 Å². The molecule has 3 nitrogen and oxygen atoms in total. The van der Waals surface area contributed by atoms with E-state index in [0.717, 1.165) is 43.5 Å². The van der Waals surface area contributed by atoms with Gasteiger partial charge in [0.1, 0.15) is 11.6 Å². The molecule has 0 amide bonds. The number of imidazole rings is 1. The standard InChI is InChI=1S/C18H26N2O/c1-3-20-5-4-19-16(20)7-15(21)18-10-13-6-14(11-18)9-17(2,8-13)12-18/h4-5,13-14H,3,6-12H2,1-2H3. The average Bonchev–Trinajstić information content (AvgIpc) is 2.83. The van der Waals surface area contributed by atoms with Crippen LogP contribution in [0.4, 0.5) is 0 Å². The van der Waals surface area contributed by atoms with Crippen molar-refractivity contribution in [1.29, 1.82) is 0 Å². The van der Waals surface area contributed by atoms with Crippen LogP contribution in [0.25, 0.3) is 0 Å². The summed E-state index contributed by atoms with van der Waals surface area (Å²) < 4.78 is 2.11. The van der Waals surface area contributed by atoms with Crippen LogP contribution in [-0.2, 0) is 17.8 Å². The summed E-state index contributed by atoms with van der Waals surface area (Å²) in [5.41, 5.74) is 0.434. The lowest BCUT2D eigenvalue weighted by Crippen LogP contribution is -2.54. The van der Waals surface area contributed by atoms with Gasteiger partial charge in [-0.25, -0.2) is 4.98 Å². The van der Waals surface area contributed by atoms with E-state index in [2.05, 4.69) is 23.4 Å². The van der Waals surface area contributed by atoms with Crippen LogP contribution in [0.5, 0.6) is 0 Å². The molecule has 114 valence electrons. The summed E-state index contributed by atoms with van der Waals surface area (Å²) in [7, 11) is 0. The highest BCUT2D eigenvalue weighted by molar-refractivity contribution is 5.87. The van der Waals surface area contributed by atoms with Crippen LogP contribution in [0.15, 0.2) is 12.4 Å². The third kappa shape index (κ3) is 2.08. The second kappa shape index (κ2) is 4.44. The minimum absolute atomic E-state index is 0.0106. The van der Waals surface area contributed by atoms with E-state index >= 15 is 0 Å². The van der Waals surface area contributed by atoms with E-state index in [1.54, 1.807) is 0 Å². The summed E-state index contributed by atoms with van der Waals surface area (Å²) in [4.78, 5) is 17.5. The Labute approximate surface area is 127 Å². The smallest absolute Gasteiger partial charge is 0.146 e. The topological polar surface area (TPSA) is 34.9 Å². The predicted octanol–water partition coefficient (Wildman–Crippen LogP) is 3.62. The molecule has 0 spiro atoms. The first-order valence-corrected chi connectivity index (χ1v) is 8.55. The van der Waals surface area contributed by atoms with Gasteiger partial charge >= 0.3 is 0 Å². The Bertz CT molecular complexity index is 560. The molecule has 4 fully saturated rings. The number of hydrogen-bond acceptors (Lipinski definition) is 2. The maximum Gasteiger partial charge on any atom is 0.146 e. The number of aryl methyl sites for hydroxylation is 1. The maximum atomic E-state index is 13.1. The van der Waals surface area contributed by atoms with Crippen LogP contribution in [-0.4, -0.2) is 15.3 Å². The number of ketones is 1. The number of nitrogens with zero attached hydrogens (tertiary/aromatic N) is 2. The molecule has 0 saturated heterocycles. The monoisotopic (exact) mass is 286 g/mol. The van der Waals surface area contributed by atoms with Gasteiger partial charge in [0.15, 0.2) is 0 Å². The van der Waals surface area contributed by atoms with Crippen molar-refractivity contribution in [3.63, 3.8) is 0 Å². The Morgan fingerprint density at radius 3 is 2.67 bits per heavy atom. The van der Waals surface area contributed by atoms with Gasteiger partial charge in [0.25, 0.3) is 0 Å². The van der Waals surface area contributed by atoms with Gasteiger partial charge in [0.2, 0.25) is 0 Å². The molecule has 0 N–H and O–H groups in total. The van der Waals surface area contributed by atoms with Crippen molar-refractivity contribution in [2.45, 2.75) is 65.3 Å². The fourth-order valence-electron chi connectivity index (χ4n) is 6.17. The van der Waals surface area contributed by atoms with Gasteiger partial charge in [-0.1, -0.05) is 6.92 Å². The summed E-state index contributed by atoms with van der Waals surface area (Å²) in [5, 5.41) is 0. The minimum Gasteiger partial charge on any atom is -0.335 e. The van der Waals surface area contributed by atoms with Crippen molar-refractivity contribution in [2.24, 2.45) is 22.7 Å². The van der Waals surface area contributed by atoms with E-state index in [-0.39, 0.29) is 5.41 Å². The van der Waals surface area contributed by atoms with Crippen molar-refractivity contribution < 1.29 is 4.79 Å². The van der Waals surface area contributed by atoms with Gasteiger partial charge in [0.05, 0.1) is 6.42 Å². The lowest BCUT2D eigenvalue weighted by atomic mass is 9.43. The largest absolute Gasteiger partial charge is 0.335 e. The lowest BCUT2D eigenvalue weighted by molar-refractivity contribution is -0.152. The SMILES string of the molecule is CCn1ccnc1CC(=O)C12CC3CC(CC(C)(C3)C1)C2. The van der Waals surface area contributed by atoms with Gasteiger partial charge in [-0.2, -0.15) is 0 Å². The zero-order chi connectivity index (χ0) is 14.7. The van der Waals surface area contributed by atoms with Crippen LogP contribution in [0, 0.1) is 22.7 Å². The van der Waals surface area contributed by atoms with Gasteiger partial charge in [-0.05, 0) is 62.7 Å². The molecule has 3 heteroatoms. The zero-order valence-corrected chi connectivity index (χ0v) is 13.3. The summed E-state index contributed by atoms with van der Waals surface area (Å²) >= 11 is 0. The molecule has 0 radical (unpaired) electrons. The van der Waals surface area contributed by atoms with E-state index in [0.29, 0.717) is 17.6 Å². The molecule has 4 aliphatic rings. The highest BCUT2D eigenvalue weighted by Gasteiger charge is 2.58. The van der Waals surface area contributed by atoms with Crippen molar-refractivity contribution >= 4 is 5.78 Å². The second-order valence-corrected chi connectivity index (χ2v) is 8.28. The van der Waals surface area contributed by atoms with E-state index in [1.807, 2.05) is 12.4 Å². The number of Topliss-reactive ketones (excluding diaryl/α,β-unsaturated/α-hetero) is 1. The molecule has 21 heavy (non-hydrogen) atoms. The Morgan fingerprint density at radius 1 is 1.33 bits per heavy atom. The Kier molecular flexibility index (Phi) is 2.86. The molecule has 1 heterocycles. The number of carbonyl (C=O) groups excluding carboxylic acids is 1. The molecule has 2 atom stereocenters. The van der Waals surface area contributed by atoms with E-state index in [1.165, 1.54) is 19.3 Å². The second-order valence-electron chi connectivity index (χ2n) is 8.28. The summed E-state index contributed by atoms with van der Waals surface area (Å²) in [6.07, 6.45) is 11.9. The fourth-order valence-corrected chi connectivity index (χ4v) is 6.17. The summed E-state index contributed by atoms with van der Waals surface area (Å²) in [6, 6.07) is 0. The molecule has 4 aliphatic carbocycles. The van der Waals surface area contributed by atoms with Crippen LogP contribution < -0.4 is 0 Å². The summed E-state index contributed by atoms with van der Waals surface area (Å²) in [5.74, 6) is 3.06. The molecule has 4 bridgehead atoms. The van der Waals surface area contributed by atoms with Gasteiger partial charge in [-0.3, -0.25) is 4.79 Å². The number of hydrogen-bond donors (Lipinski definition) is 0. The first kappa shape index (κ1) is 13.5. The van der Waals surface area contributed by atoms with E-state index in [4.69, 9.17) is 0 Å². The van der Waals surface area contributed by atoms with Crippen molar-refractivity contribution in [1.82, 2.24) is 9.55 Å². The molecule has 0 aromatic carbocycles. The molecule has 4 saturated carbocycles. The quantitative estimate of drug-likeness (QED) is 0.847. The third-order valence-corrected chi connectivity index (χ3v) is 6.41. The number of carbonyl (C=O) groups is 1. The van der Waals surface area contributed by atoms with Crippen LogP contribution in [0.2, 0.25) is 0 Å². The molecule has 2 unspecified atom stereocenters. The Morgan fingerprint density at radius 2 is 2.05 bits per heavy atom. The van der Waals surface area contributed by atoms with Gasteiger partial charge < -0.3 is 4.57 Å². The molecule has 5 rings (SSSR count). The summed E-state index contributed by atoms with van der Waals surface area (Å²) in [6.45, 7) is 5.44. The van der Waals surface area contributed by atoms with Crippen molar-refractivity contribution in [3.05, 3.63) is 18.2 Å². The fraction of sp³-hybridized carbons (Fsp3) is 0.778. The Balaban J connectivity index is 1.59. The normalized spacial score (nSPS) is 40.7. The van der Waals surface area contributed by atoms with Crippen LogP contribution in [0.1, 0.15) is 58.2 Å². The van der Waals surface area contributed by atoms with E-state index in [9.17, 15) is 4.79 Å². The lowest BCUT2D eigenvalue weighted by Gasteiger charge is -2.60. The van der Waals surface area contributed by atoms with Gasteiger partial charge in [0, 0.05) is 24.4 Å². The predicted molar refractivity (Wildman–Crippen MR) is 81.8 cm³/mol. The number of rotatable bonds is 4. The zero-order valence-electron chi connectivity index (χ0n) is 13.3. The van der Waals surface area contributed by atoms with Crippen molar-refractivity contribution in [2.75, 3.05) is 0 Å². The number of aromatic nitrogens is 2. The molecular formula is C18H26N2O. The Hall–Kier alpha value is -1.12. The molecular weight excluding hydrogens is 260 g/mol. The minimum atomic E-state index is -0.0106. The van der Waals surface area contributed by atoms with Gasteiger partial charge in [-0.15, -0.1) is 0 Å². The third-order valence-electron chi connectivity index (χ3n) is 6.41. The highest BCUT2D eigenvalue weighted by atomic mass is 16.1. The highest BCUT2D eigenvalue weighted by Crippen LogP contribution is 2.65.